The Labute approximate surface area is 142 Å². The fourth-order valence-electron chi connectivity index (χ4n) is 4.33. The summed E-state index contributed by atoms with van der Waals surface area (Å²) in [5.41, 5.74) is 1.02. The van der Waals surface area contributed by atoms with Gasteiger partial charge >= 0.3 is 0 Å². The van der Waals surface area contributed by atoms with Crippen molar-refractivity contribution in [1.82, 2.24) is 4.90 Å². The number of fused-ring (bicyclic) bond motifs is 2. The van der Waals surface area contributed by atoms with E-state index >= 15 is 0 Å². The van der Waals surface area contributed by atoms with Gasteiger partial charge in [0.2, 0.25) is 5.91 Å². The minimum atomic E-state index is -0.859. The Balaban J connectivity index is 1.79. The fourth-order valence-corrected chi connectivity index (χ4v) is 4.33. The van der Waals surface area contributed by atoms with Gasteiger partial charge in [-0.25, -0.2) is 4.99 Å². The number of benzene rings is 1. The van der Waals surface area contributed by atoms with Crippen LogP contribution in [0.25, 0.3) is 0 Å². The molecule has 1 aromatic rings. The Hall–Kier alpha value is -2.17. The largest absolute Gasteiger partial charge is 0.333 e. The highest BCUT2D eigenvalue weighted by molar-refractivity contribution is 6.48. The lowest BCUT2D eigenvalue weighted by molar-refractivity contribution is -0.126. The van der Waals surface area contributed by atoms with E-state index in [0.717, 1.165) is 31.4 Å². The van der Waals surface area contributed by atoms with Crippen LogP contribution >= 0.6 is 0 Å². The Morgan fingerprint density at radius 1 is 1.12 bits per heavy atom. The van der Waals surface area contributed by atoms with Crippen LogP contribution in [-0.4, -0.2) is 42.1 Å². The summed E-state index contributed by atoms with van der Waals surface area (Å²) in [5.74, 6) is -0.0966. The second-order valence-corrected chi connectivity index (χ2v) is 7.37. The lowest BCUT2D eigenvalue weighted by Crippen LogP contribution is -2.45. The fraction of sp³-hybridized carbons (Fsp3) is 0.526. The molecule has 2 aliphatic heterocycles. The molecule has 5 nitrogen and oxygen atoms in total. The van der Waals surface area contributed by atoms with Crippen LogP contribution in [-0.2, 0) is 9.59 Å². The average molecular weight is 325 g/mol. The molecular formula is C19H23N3O2. The van der Waals surface area contributed by atoms with E-state index in [1.54, 1.807) is 11.9 Å². The molecular weight excluding hydrogens is 302 g/mol. The number of carbonyl (C=O) groups is 2. The molecule has 2 heterocycles. The molecule has 3 aliphatic rings. The van der Waals surface area contributed by atoms with Gasteiger partial charge in [0.15, 0.2) is 0 Å². The molecule has 2 amide bonds. The summed E-state index contributed by atoms with van der Waals surface area (Å²) in [6, 6.07) is 7.79. The highest BCUT2D eigenvalue weighted by atomic mass is 16.2. The summed E-state index contributed by atoms with van der Waals surface area (Å²) in [6.07, 6.45) is 5.64. The SMILES string of the molecule is CN1C(=O)C2(C)CN(C3CCCCC3)C(=O)C2=Nc2ccccc21. The predicted octanol–water partition coefficient (Wildman–Crippen LogP) is 2.92. The number of hydrogen-bond acceptors (Lipinski definition) is 3. The second kappa shape index (κ2) is 5.43. The van der Waals surface area contributed by atoms with Crippen molar-refractivity contribution in [1.29, 1.82) is 0 Å². The van der Waals surface area contributed by atoms with Gasteiger partial charge in [-0.15, -0.1) is 0 Å². The molecule has 126 valence electrons. The van der Waals surface area contributed by atoms with Gasteiger partial charge < -0.3 is 9.80 Å². The Morgan fingerprint density at radius 2 is 1.83 bits per heavy atom. The standard InChI is InChI=1S/C19H23N3O2/c1-19-12-22(13-8-4-3-5-9-13)17(23)16(19)20-14-10-6-7-11-15(14)21(2)18(19)24/h6-7,10-11,13H,3-5,8-9,12H2,1-2H3. The van der Waals surface area contributed by atoms with E-state index in [-0.39, 0.29) is 17.9 Å². The van der Waals surface area contributed by atoms with Gasteiger partial charge in [0.1, 0.15) is 11.1 Å². The van der Waals surface area contributed by atoms with Crippen molar-refractivity contribution in [3.8, 4) is 0 Å². The number of anilines is 1. The quantitative estimate of drug-likeness (QED) is 0.797. The maximum Gasteiger partial charge on any atom is 0.269 e. The zero-order chi connectivity index (χ0) is 16.9. The molecule has 2 fully saturated rings. The van der Waals surface area contributed by atoms with Gasteiger partial charge in [0, 0.05) is 19.6 Å². The molecule has 24 heavy (non-hydrogen) atoms. The van der Waals surface area contributed by atoms with Gasteiger partial charge in [0.05, 0.1) is 11.4 Å². The van der Waals surface area contributed by atoms with Gasteiger partial charge in [-0.1, -0.05) is 31.4 Å². The van der Waals surface area contributed by atoms with Crippen molar-refractivity contribution in [2.45, 2.75) is 45.1 Å². The number of hydrogen-bond donors (Lipinski definition) is 0. The number of nitrogens with zero attached hydrogens (tertiary/aromatic N) is 3. The maximum atomic E-state index is 13.2. The van der Waals surface area contributed by atoms with Crippen molar-refractivity contribution in [3.63, 3.8) is 0 Å². The Morgan fingerprint density at radius 3 is 2.58 bits per heavy atom. The highest BCUT2D eigenvalue weighted by Gasteiger charge is 2.55. The van der Waals surface area contributed by atoms with Crippen LogP contribution in [0.15, 0.2) is 29.3 Å². The van der Waals surface area contributed by atoms with Crippen molar-refractivity contribution >= 4 is 28.9 Å². The summed E-state index contributed by atoms with van der Waals surface area (Å²) in [4.78, 5) is 34.5. The summed E-state index contributed by atoms with van der Waals surface area (Å²) in [6.45, 7) is 2.32. The van der Waals surface area contributed by atoms with E-state index < -0.39 is 5.41 Å². The summed E-state index contributed by atoms with van der Waals surface area (Å²) >= 11 is 0. The molecule has 0 bridgehead atoms. The van der Waals surface area contributed by atoms with Gasteiger partial charge in [0.25, 0.3) is 5.91 Å². The molecule has 0 N–H and O–H groups in total. The number of para-hydroxylation sites is 2. The minimum Gasteiger partial charge on any atom is -0.333 e. The first-order chi connectivity index (χ1) is 11.5. The number of likely N-dealkylation sites (tertiary alicyclic amines) is 1. The van der Waals surface area contributed by atoms with Crippen LogP contribution in [0.4, 0.5) is 11.4 Å². The van der Waals surface area contributed by atoms with E-state index in [4.69, 9.17) is 0 Å². The maximum absolute atomic E-state index is 13.2. The third-order valence-electron chi connectivity index (χ3n) is 5.74. The number of rotatable bonds is 1. The lowest BCUT2D eigenvalue weighted by Gasteiger charge is -2.32. The third-order valence-corrected chi connectivity index (χ3v) is 5.74. The van der Waals surface area contributed by atoms with E-state index in [0.29, 0.717) is 17.9 Å². The summed E-state index contributed by atoms with van der Waals surface area (Å²) < 4.78 is 0. The number of aliphatic imine (C=N–C) groups is 1. The first-order valence-corrected chi connectivity index (χ1v) is 8.80. The van der Waals surface area contributed by atoms with Crippen LogP contribution < -0.4 is 4.90 Å². The smallest absolute Gasteiger partial charge is 0.269 e. The summed E-state index contributed by atoms with van der Waals surface area (Å²) in [7, 11) is 1.78. The molecule has 4 rings (SSSR count). The van der Waals surface area contributed by atoms with Gasteiger partial charge in [-0.05, 0) is 31.9 Å². The van der Waals surface area contributed by atoms with Crippen LogP contribution in [0.2, 0.25) is 0 Å². The molecule has 0 radical (unpaired) electrons. The van der Waals surface area contributed by atoms with Crippen LogP contribution in [0.3, 0.4) is 0 Å². The lowest BCUT2D eigenvalue weighted by atomic mass is 9.86. The van der Waals surface area contributed by atoms with E-state index in [1.807, 2.05) is 36.1 Å². The Bertz CT molecular complexity index is 736. The van der Waals surface area contributed by atoms with Crippen molar-refractivity contribution < 1.29 is 9.59 Å². The van der Waals surface area contributed by atoms with Crippen LogP contribution in [0.1, 0.15) is 39.0 Å². The molecule has 5 heteroatoms. The molecule has 1 saturated heterocycles. The molecule has 1 saturated carbocycles. The monoisotopic (exact) mass is 325 g/mol. The average Bonchev–Trinajstić information content (AvgIpc) is 2.83. The number of carbonyl (C=O) groups excluding carboxylic acids is 2. The molecule has 0 aromatic heterocycles. The molecule has 1 aliphatic carbocycles. The molecule has 1 atom stereocenters. The minimum absolute atomic E-state index is 0.0436. The molecule has 1 unspecified atom stereocenters. The molecule has 0 spiro atoms. The third kappa shape index (κ3) is 2.10. The van der Waals surface area contributed by atoms with E-state index in [1.165, 1.54) is 6.42 Å². The zero-order valence-electron chi connectivity index (χ0n) is 14.3. The second-order valence-electron chi connectivity index (χ2n) is 7.37. The van der Waals surface area contributed by atoms with Gasteiger partial charge in [-0.2, -0.15) is 0 Å². The van der Waals surface area contributed by atoms with E-state index in [2.05, 4.69) is 4.99 Å². The summed E-state index contributed by atoms with van der Waals surface area (Å²) in [5, 5.41) is 0. The normalized spacial score (nSPS) is 27.7. The predicted molar refractivity (Wildman–Crippen MR) is 93.6 cm³/mol. The first kappa shape index (κ1) is 15.4. The van der Waals surface area contributed by atoms with Crippen LogP contribution in [0, 0.1) is 5.41 Å². The van der Waals surface area contributed by atoms with Gasteiger partial charge in [-0.3, -0.25) is 9.59 Å². The molecule has 1 aromatic carbocycles. The highest BCUT2D eigenvalue weighted by Crippen LogP contribution is 2.42. The van der Waals surface area contributed by atoms with Crippen molar-refractivity contribution in [2.24, 2.45) is 10.4 Å². The van der Waals surface area contributed by atoms with Crippen molar-refractivity contribution in [2.75, 3.05) is 18.5 Å². The van der Waals surface area contributed by atoms with E-state index in [9.17, 15) is 9.59 Å². The Kier molecular flexibility index (Phi) is 3.48. The number of amides is 2. The zero-order valence-corrected chi connectivity index (χ0v) is 14.3. The van der Waals surface area contributed by atoms with Crippen LogP contribution in [0.5, 0.6) is 0 Å². The van der Waals surface area contributed by atoms with Crippen molar-refractivity contribution in [3.05, 3.63) is 24.3 Å². The first-order valence-electron chi connectivity index (χ1n) is 8.80. The topological polar surface area (TPSA) is 53.0 Å².